The van der Waals surface area contributed by atoms with Crippen molar-refractivity contribution in [1.29, 1.82) is 0 Å². The smallest absolute Gasteiger partial charge is 0.0643 e. The van der Waals surface area contributed by atoms with Gasteiger partial charge in [-0.3, -0.25) is 0 Å². The summed E-state index contributed by atoms with van der Waals surface area (Å²) in [6, 6.07) is 9.38. The summed E-state index contributed by atoms with van der Waals surface area (Å²) in [5.41, 5.74) is 2.76. The molecule has 0 spiro atoms. The van der Waals surface area contributed by atoms with Crippen LogP contribution in [0.3, 0.4) is 0 Å². The van der Waals surface area contributed by atoms with Crippen molar-refractivity contribution in [3.05, 3.63) is 35.4 Å². The summed E-state index contributed by atoms with van der Waals surface area (Å²) >= 11 is 0. The van der Waals surface area contributed by atoms with Gasteiger partial charge in [-0.05, 0) is 17.5 Å². The quantitative estimate of drug-likeness (QED) is 0.782. The Labute approximate surface area is 85.3 Å². The van der Waals surface area contributed by atoms with Crippen LogP contribution in [-0.4, -0.2) is 19.3 Å². The molecule has 14 heavy (non-hydrogen) atoms. The van der Waals surface area contributed by atoms with Gasteiger partial charge >= 0.3 is 0 Å². The summed E-state index contributed by atoms with van der Waals surface area (Å²) in [6.45, 7) is 4.87. The van der Waals surface area contributed by atoms with Gasteiger partial charge in [0.1, 0.15) is 0 Å². The van der Waals surface area contributed by atoms with E-state index >= 15 is 0 Å². The molecule has 0 radical (unpaired) electrons. The number of rotatable bonds is 4. The van der Waals surface area contributed by atoms with Crippen molar-refractivity contribution in [2.24, 2.45) is 0 Å². The first-order valence-corrected chi connectivity index (χ1v) is 5.27. The zero-order valence-electron chi connectivity index (χ0n) is 8.62. The van der Waals surface area contributed by atoms with E-state index < -0.39 is 0 Å². The minimum atomic E-state index is 0.570. The van der Waals surface area contributed by atoms with Crippen molar-refractivity contribution in [2.75, 3.05) is 13.2 Å². The molecular weight excluding hydrogens is 174 g/mol. The number of hydrogen-bond donors (Lipinski definition) is 1. The Bertz CT molecular complexity index is 277. The molecule has 1 saturated heterocycles. The topological polar surface area (TPSA) is 21.3 Å². The lowest BCUT2D eigenvalue weighted by atomic mass is 10.1. The van der Waals surface area contributed by atoms with E-state index in [0.29, 0.717) is 6.04 Å². The fourth-order valence-electron chi connectivity index (χ4n) is 1.51. The number of benzene rings is 1. The van der Waals surface area contributed by atoms with Gasteiger partial charge in [-0.1, -0.05) is 31.2 Å². The van der Waals surface area contributed by atoms with Gasteiger partial charge in [0.15, 0.2) is 0 Å². The first-order valence-electron chi connectivity index (χ1n) is 5.27. The van der Waals surface area contributed by atoms with Gasteiger partial charge in [0, 0.05) is 6.54 Å². The van der Waals surface area contributed by atoms with E-state index in [4.69, 9.17) is 4.74 Å². The summed E-state index contributed by atoms with van der Waals surface area (Å²) in [6.07, 6.45) is 1.12. The Morgan fingerprint density at radius 1 is 1.21 bits per heavy atom. The van der Waals surface area contributed by atoms with Gasteiger partial charge in [0.05, 0.1) is 19.3 Å². The Kier molecular flexibility index (Phi) is 3.17. The molecule has 1 aliphatic rings. The van der Waals surface area contributed by atoms with Crippen LogP contribution in [0.25, 0.3) is 0 Å². The monoisotopic (exact) mass is 191 g/mol. The SMILES string of the molecule is CCc1ccc(CNC2COC2)cc1. The summed E-state index contributed by atoms with van der Waals surface area (Å²) in [4.78, 5) is 0. The molecule has 1 aliphatic heterocycles. The molecule has 0 unspecified atom stereocenters. The van der Waals surface area contributed by atoms with Crippen LogP contribution in [0.2, 0.25) is 0 Å². The highest BCUT2D eigenvalue weighted by Gasteiger charge is 2.16. The lowest BCUT2D eigenvalue weighted by molar-refractivity contribution is -0.00578. The Hall–Kier alpha value is -0.860. The third-order valence-electron chi connectivity index (χ3n) is 2.66. The Balaban J connectivity index is 1.83. The predicted octanol–water partition coefficient (Wildman–Crippen LogP) is 1.74. The highest BCUT2D eigenvalue weighted by Crippen LogP contribution is 2.06. The zero-order valence-corrected chi connectivity index (χ0v) is 8.62. The summed E-state index contributed by atoms with van der Waals surface area (Å²) in [5.74, 6) is 0. The molecule has 0 atom stereocenters. The van der Waals surface area contributed by atoms with Crippen LogP contribution in [-0.2, 0) is 17.7 Å². The molecule has 0 aromatic heterocycles. The molecule has 1 aromatic rings. The molecule has 0 amide bonds. The van der Waals surface area contributed by atoms with Gasteiger partial charge in [-0.25, -0.2) is 0 Å². The fourth-order valence-corrected chi connectivity index (χ4v) is 1.51. The molecule has 76 valence electrons. The van der Waals surface area contributed by atoms with E-state index in [0.717, 1.165) is 26.2 Å². The third kappa shape index (κ3) is 2.34. The third-order valence-corrected chi connectivity index (χ3v) is 2.66. The van der Waals surface area contributed by atoms with Crippen LogP contribution in [0.5, 0.6) is 0 Å². The molecule has 1 fully saturated rings. The van der Waals surface area contributed by atoms with Crippen molar-refractivity contribution in [1.82, 2.24) is 5.32 Å². The normalized spacial score (nSPS) is 16.6. The van der Waals surface area contributed by atoms with Crippen molar-refractivity contribution >= 4 is 0 Å². The molecule has 1 N–H and O–H groups in total. The second-order valence-electron chi connectivity index (χ2n) is 3.79. The zero-order chi connectivity index (χ0) is 9.80. The van der Waals surface area contributed by atoms with E-state index in [1.807, 2.05) is 0 Å². The first-order chi connectivity index (χ1) is 6.88. The number of nitrogens with one attached hydrogen (secondary N) is 1. The van der Waals surface area contributed by atoms with Crippen LogP contribution in [0.4, 0.5) is 0 Å². The molecular formula is C12H17NO. The molecule has 2 heteroatoms. The minimum Gasteiger partial charge on any atom is -0.378 e. The van der Waals surface area contributed by atoms with Crippen LogP contribution < -0.4 is 5.32 Å². The number of hydrogen-bond acceptors (Lipinski definition) is 2. The van der Waals surface area contributed by atoms with Crippen LogP contribution >= 0.6 is 0 Å². The van der Waals surface area contributed by atoms with E-state index in [-0.39, 0.29) is 0 Å². The number of ether oxygens (including phenoxy) is 1. The summed E-state index contributed by atoms with van der Waals surface area (Å²) in [5, 5.41) is 3.45. The first kappa shape index (κ1) is 9.69. The van der Waals surface area contributed by atoms with Crippen molar-refractivity contribution in [3.63, 3.8) is 0 Å². The molecule has 0 saturated carbocycles. The van der Waals surface area contributed by atoms with Crippen molar-refractivity contribution in [2.45, 2.75) is 25.9 Å². The van der Waals surface area contributed by atoms with Gasteiger partial charge in [-0.2, -0.15) is 0 Å². The van der Waals surface area contributed by atoms with Gasteiger partial charge in [0.2, 0.25) is 0 Å². The number of aryl methyl sites for hydroxylation is 1. The van der Waals surface area contributed by atoms with Gasteiger partial charge in [-0.15, -0.1) is 0 Å². The summed E-state index contributed by atoms with van der Waals surface area (Å²) in [7, 11) is 0. The van der Waals surface area contributed by atoms with Gasteiger partial charge in [0.25, 0.3) is 0 Å². The Morgan fingerprint density at radius 3 is 2.36 bits per heavy atom. The average Bonchev–Trinajstić information content (AvgIpc) is 2.16. The molecule has 2 nitrogen and oxygen atoms in total. The molecule has 2 rings (SSSR count). The van der Waals surface area contributed by atoms with E-state index in [1.54, 1.807) is 0 Å². The summed E-state index contributed by atoms with van der Waals surface area (Å²) < 4.78 is 5.10. The van der Waals surface area contributed by atoms with Crippen LogP contribution in [0.1, 0.15) is 18.1 Å². The van der Waals surface area contributed by atoms with Crippen molar-refractivity contribution < 1.29 is 4.74 Å². The molecule has 0 bridgehead atoms. The Morgan fingerprint density at radius 2 is 1.86 bits per heavy atom. The highest BCUT2D eigenvalue weighted by molar-refractivity contribution is 5.22. The van der Waals surface area contributed by atoms with Crippen LogP contribution in [0.15, 0.2) is 24.3 Å². The average molecular weight is 191 g/mol. The molecule has 1 aromatic carbocycles. The lowest BCUT2D eigenvalue weighted by Gasteiger charge is -2.27. The van der Waals surface area contributed by atoms with E-state index in [1.165, 1.54) is 11.1 Å². The van der Waals surface area contributed by atoms with Crippen LogP contribution in [0, 0.1) is 0 Å². The maximum atomic E-state index is 5.10. The second kappa shape index (κ2) is 4.58. The highest BCUT2D eigenvalue weighted by atomic mass is 16.5. The van der Waals surface area contributed by atoms with Crippen molar-refractivity contribution in [3.8, 4) is 0 Å². The van der Waals surface area contributed by atoms with E-state index in [2.05, 4.69) is 36.5 Å². The fraction of sp³-hybridized carbons (Fsp3) is 0.500. The van der Waals surface area contributed by atoms with Gasteiger partial charge < -0.3 is 10.1 Å². The minimum absolute atomic E-state index is 0.570. The molecule has 0 aliphatic carbocycles. The largest absolute Gasteiger partial charge is 0.378 e. The predicted molar refractivity (Wildman–Crippen MR) is 57.3 cm³/mol. The second-order valence-corrected chi connectivity index (χ2v) is 3.79. The maximum absolute atomic E-state index is 5.10. The molecule has 1 heterocycles. The van der Waals surface area contributed by atoms with E-state index in [9.17, 15) is 0 Å². The lowest BCUT2D eigenvalue weighted by Crippen LogP contribution is -2.45. The standard InChI is InChI=1S/C12H17NO/c1-2-10-3-5-11(6-4-10)7-13-12-8-14-9-12/h3-6,12-13H,2,7-9H2,1H3. The maximum Gasteiger partial charge on any atom is 0.0643 e.